The molecule has 0 saturated heterocycles. The molecule has 0 saturated carbocycles. The Kier molecular flexibility index (Phi) is 7.74. The Morgan fingerprint density at radius 2 is 1.36 bits per heavy atom. The molecule has 0 radical (unpaired) electrons. The predicted molar refractivity (Wildman–Crippen MR) is 145 cm³/mol. The molecule has 0 heterocycles. The van der Waals surface area contributed by atoms with Crippen molar-refractivity contribution in [3.8, 4) is 11.5 Å². The number of rotatable bonds is 8. The van der Waals surface area contributed by atoms with Crippen LogP contribution in [0.4, 0.5) is 0 Å². The average molecular weight is 480 g/mol. The SMILES string of the molecule is COc1ccc(C(=O)NC(c2ccccc2)c2ccccc2)cc1COc1ccccc1C(C)(C)C. The van der Waals surface area contributed by atoms with Gasteiger partial charge in [-0.2, -0.15) is 0 Å². The summed E-state index contributed by atoms with van der Waals surface area (Å²) in [4.78, 5) is 13.4. The molecule has 1 N–H and O–H groups in total. The highest BCUT2D eigenvalue weighted by Gasteiger charge is 2.21. The van der Waals surface area contributed by atoms with Crippen LogP contribution in [0.5, 0.6) is 11.5 Å². The highest BCUT2D eigenvalue weighted by atomic mass is 16.5. The van der Waals surface area contributed by atoms with Crippen molar-refractivity contribution in [2.45, 2.75) is 38.8 Å². The fourth-order valence-electron chi connectivity index (χ4n) is 4.26. The lowest BCUT2D eigenvalue weighted by Crippen LogP contribution is -2.29. The van der Waals surface area contributed by atoms with Crippen molar-refractivity contribution in [2.75, 3.05) is 7.11 Å². The summed E-state index contributed by atoms with van der Waals surface area (Å²) in [5, 5.41) is 3.21. The van der Waals surface area contributed by atoms with Crippen LogP contribution >= 0.6 is 0 Å². The van der Waals surface area contributed by atoms with Crippen LogP contribution in [0, 0.1) is 0 Å². The van der Waals surface area contributed by atoms with Crippen molar-refractivity contribution < 1.29 is 14.3 Å². The van der Waals surface area contributed by atoms with E-state index in [1.165, 1.54) is 0 Å². The van der Waals surface area contributed by atoms with E-state index < -0.39 is 0 Å². The number of carbonyl (C=O) groups is 1. The summed E-state index contributed by atoms with van der Waals surface area (Å²) in [7, 11) is 1.63. The first kappa shape index (κ1) is 25.1. The fourth-order valence-corrected chi connectivity index (χ4v) is 4.26. The van der Waals surface area contributed by atoms with Gasteiger partial charge in [0, 0.05) is 11.1 Å². The molecular weight excluding hydrogens is 446 g/mol. The molecule has 184 valence electrons. The second-order valence-electron chi connectivity index (χ2n) is 9.79. The second-order valence-corrected chi connectivity index (χ2v) is 9.79. The van der Waals surface area contributed by atoms with Gasteiger partial charge in [-0.3, -0.25) is 4.79 Å². The molecule has 4 heteroatoms. The van der Waals surface area contributed by atoms with E-state index in [0.717, 1.165) is 28.0 Å². The van der Waals surface area contributed by atoms with Crippen molar-refractivity contribution in [3.63, 3.8) is 0 Å². The van der Waals surface area contributed by atoms with Gasteiger partial charge in [0.15, 0.2) is 0 Å². The number of ether oxygens (including phenoxy) is 2. The van der Waals surface area contributed by atoms with Crippen LogP contribution < -0.4 is 14.8 Å². The summed E-state index contributed by atoms with van der Waals surface area (Å²) in [6.07, 6.45) is 0. The molecule has 4 rings (SSSR count). The highest BCUT2D eigenvalue weighted by molar-refractivity contribution is 5.95. The van der Waals surface area contributed by atoms with Gasteiger partial charge in [-0.05, 0) is 46.4 Å². The standard InChI is InChI=1S/C32H33NO3/c1-32(2,3)27-17-11-12-18-29(27)36-22-26-21-25(19-20-28(26)35-4)31(34)33-30(23-13-7-5-8-14-23)24-15-9-6-10-16-24/h5-21,30H,22H2,1-4H3,(H,33,34). The van der Waals surface area contributed by atoms with E-state index in [0.29, 0.717) is 11.3 Å². The van der Waals surface area contributed by atoms with Crippen LogP contribution in [0.25, 0.3) is 0 Å². The lowest BCUT2D eigenvalue weighted by atomic mass is 9.86. The Labute approximate surface area is 213 Å². The first-order chi connectivity index (χ1) is 17.4. The second kappa shape index (κ2) is 11.1. The Morgan fingerprint density at radius 3 is 1.94 bits per heavy atom. The molecule has 0 spiro atoms. The average Bonchev–Trinajstić information content (AvgIpc) is 2.91. The number of hydrogen-bond donors (Lipinski definition) is 1. The monoisotopic (exact) mass is 479 g/mol. The van der Waals surface area contributed by atoms with Crippen LogP contribution in [0.2, 0.25) is 0 Å². The Balaban J connectivity index is 1.58. The van der Waals surface area contributed by atoms with Gasteiger partial charge in [0.1, 0.15) is 18.1 Å². The summed E-state index contributed by atoms with van der Waals surface area (Å²) in [5.74, 6) is 1.35. The zero-order valence-electron chi connectivity index (χ0n) is 21.3. The number of hydrogen-bond acceptors (Lipinski definition) is 3. The summed E-state index contributed by atoms with van der Waals surface area (Å²) >= 11 is 0. The molecule has 0 aliphatic rings. The van der Waals surface area contributed by atoms with Gasteiger partial charge in [0.2, 0.25) is 0 Å². The maximum atomic E-state index is 13.4. The van der Waals surface area contributed by atoms with Crippen molar-refractivity contribution in [1.29, 1.82) is 0 Å². The van der Waals surface area contributed by atoms with Crippen LogP contribution in [0.1, 0.15) is 59.4 Å². The van der Waals surface area contributed by atoms with Crippen LogP contribution in [-0.2, 0) is 12.0 Å². The van der Waals surface area contributed by atoms with Gasteiger partial charge in [0.05, 0.1) is 13.2 Å². The zero-order valence-corrected chi connectivity index (χ0v) is 21.3. The Hall–Kier alpha value is -4.05. The molecule has 0 aliphatic carbocycles. The van der Waals surface area contributed by atoms with E-state index in [9.17, 15) is 4.79 Å². The molecule has 1 amide bonds. The van der Waals surface area contributed by atoms with E-state index in [2.05, 4.69) is 32.2 Å². The third kappa shape index (κ3) is 5.95. The van der Waals surface area contributed by atoms with E-state index in [1.807, 2.05) is 91.0 Å². The van der Waals surface area contributed by atoms with Crippen LogP contribution in [0.15, 0.2) is 103 Å². The largest absolute Gasteiger partial charge is 0.496 e. The highest BCUT2D eigenvalue weighted by Crippen LogP contribution is 2.32. The third-order valence-corrected chi connectivity index (χ3v) is 6.16. The molecule has 0 fully saturated rings. The number of amides is 1. The summed E-state index contributed by atoms with van der Waals surface area (Å²) in [6.45, 7) is 6.78. The molecule has 0 atom stereocenters. The molecular formula is C32H33NO3. The molecule has 4 nitrogen and oxygen atoms in total. The number of nitrogens with one attached hydrogen (secondary N) is 1. The third-order valence-electron chi connectivity index (χ3n) is 6.16. The number of para-hydroxylation sites is 1. The number of benzene rings is 4. The summed E-state index contributed by atoms with van der Waals surface area (Å²) in [5.41, 5.74) is 4.49. The summed E-state index contributed by atoms with van der Waals surface area (Å²) in [6, 6.07) is 33.2. The van der Waals surface area contributed by atoms with Crippen molar-refractivity contribution >= 4 is 5.91 Å². The normalized spacial score (nSPS) is 11.2. The van der Waals surface area contributed by atoms with E-state index in [4.69, 9.17) is 9.47 Å². The van der Waals surface area contributed by atoms with Crippen molar-refractivity contribution in [1.82, 2.24) is 5.32 Å². The first-order valence-corrected chi connectivity index (χ1v) is 12.2. The minimum atomic E-state index is -0.264. The molecule has 0 aromatic heterocycles. The Morgan fingerprint density at radius 1 is 0.778 bits per heavy atom. The van der Waals surface area contributed by atoms with E-state index in [-0.39, 0.29) is 24.0 Å². The quantitative estimate of drug-likeness (QED) is 0.293. The smallest absolute Gasteiger partial charge is 0.252 e. The van der Waals surface area contributed by atoms with Gasteiger partial charge < -0.3 is 14.8 Å². The maximum Gasteiger partial charge on any atom is 0.252 e. The lowest BCUT2D eigenvalue weighted by Gasteiger charge is -2.23. The number of methoxy groups -OCH3 is 1. The number of carbonyl (C=O) groups excluding carboxylic acids is 1. The van der Waals surface area contributed by atoms with Gasteiger partial charge >= 0.3 is 0 Å². The zero-order chi connectivity index (χ0) is 25.5. The molecule has 0 bridgehead atoms. The van der Waals surface area contributed by atoms with Gasteiger partial charge in [-0.1, -0.05) is 99.6 Å². The topological polar surface area (TPSA) is 47.6 Å². The Bertz CT molecular complexity index is 1250. The van der Waals surface area contributed by atoms with Gasteiger partial charge in [0.25, 0.3) is 5.91 Å². The van der Waals surface area contributed by atoms with Crippen LogP contribution in [-0.4, -0.2) is 13.0 Å². The minimum absolute atomic E-state index is 0.0493. The molecule has 4 aromatic rings. The van der Waals surface area contributed by atoms with Gasteiger partial charge in [-0.25, -0.2) is 0 Å². The maximum absolute atomic E-state index is 13.4. The van der Waals surface area contributed by atoms with E-state index in [1.54, 1.807) is 13.2 Å². The molecule has 0 aliphatic heterocycles. The minimum Gasteiger partial charge on any atom is -0.496 e. The van der Waals surface area contributed by atoms with Crippen molar-refractivity contribution in [2.24, 2.45) is 0 Å². The summed E-state index contributed by atoms with van der Waals surface area (Å²) < 4.78 is 11.8. The van der Waals surface area contributed by atoms with Crippen molar-refractivity contribution in [3.05, 3.63) is 131 Å². The molecule has 4 aromatic carbocycles. The first-order valence-electron chi connectivity index (χ1n) is 12.2. The molecule has 0 unspecified atom stereocenters. The predicted octanol–water partition coefficient (Wildman–Crippen LogP) is 7.09. The van der Waals surface area contributed by atoms with E-state index >= 15 is 0 Å². The van der Waals surface area contributed by atoms with Crippen LogP contribution in [0.3, 0.4) is 0 Å². The van der Waals surface area contributed by atoms with Gasteiger partial charge in [-0.15, -0.1) is 0 Å². The lowest BCUT2D eigenvalue weighted by molar-refractivity contribution is 0.0942. The molecule has 36 heavy (non-hydrogen) atoms. The fraction of sp³-hybridized carbons (Fsp3) is 0.219.